The first kappa shape index (κ1) is 21.3. The Kier molecular flexibility index (Phi) is 7.27. The number of nitriles is 1. The maximum absolute atomic E-state index is 13.4. The predicted octanol–water partition coefficient (Wildman–Crippen LogP) is 5.10. The molecule has 0 aliphatic heterocycles. The summed E-state index contributed by atoms with van der Waals surface area (Å²) in [4.78, 5) is 16.8. The first-order valence-electron chi connectivity index (χ1n) is 8.24. The van der Waals surface area contributed by atoms with E-state index in [9.17, 15) is 23.2 Å². The Balaban J connectivity index is 2.32. The highest BCUT2D eigenvalue weighted by atomic mass is 32.2. The van der Waals surface area contributed by atoms with Crippen molar-refractivity contribution >= 4 is 29.0 Å². The van der Waals surface area contributed by atoms with Gasteiger partial charge in [0.15, 0.2) is 0 Å². The molecule has 0 fully saturated rings. The third-order valence-electron chi connectivity index (χ3n) is 3.65. The highest BCUT2D eigenvalue weighted by Crippen LogP contribution is 2.38. The van der Waals surface area contributed by atoms with Crippen molar-refractivity contribution in [2.75, 3.05) is 5.75 Å². The Labute approximate surface area is 163 Å². The third kappa shape index (κ3) is 5.71. The molecule has 0 spiro atoms. The van der Waals surface area contributed by atoms with Gasteiger partial charge >= 0.3 is 6.18 Å². The third-order valence-corrected chi connectivity index (χ3v) is 5.51. The molecule has 4 nitrogen and oxygen atoms in total. The van der Waals surface area contributed by atoms with Crippen molar-refractivity contribution < 1.29 is 18.0 Å². The van der Waals surface area contributed by atoms with Crippen LogP contribution in [0.1, 0.15) is 37.8 Å². The highest BCUT2D eigenvalue weighted by Gasteiger charge is 2.36. The van der Waals surface area contributed by atoms with Gasteiger partial charge in [-0.15, -0.1) is 11.3 Å². The minimum atomic E-state index is -4.69. The van der Waals surface area contributed by atoms with E-state index in [0.29, 0.717) is 4.88 Å². The molecule has 1 atom stereocenters. The van der Waals surface area contributed by atoms with Crippen molar-refractivity contribution in [1.29, 1.82) is 5.26 Å². The molecule has 1 unspecified atom stereocenters. The van der Waals surface area contributed by atoms with E-state index in [1.54, 1.807) is 23.6 Å². The number of hydrogen-bond acceptors (Lipinski definition) is 5. The van der Waals surface area contributed by atoms with Crippen LogP contribution in [0.25, 0.3) is 10.6 Å². The fourth-order valence-electron chi connectivity index (χ4n) is 2.46. The maximum Gasteiger partial charge on any atom is 0.417 e. The first-order valence-corrected chi connectivity index (χ1v) is 10.1. The van der Waals surface area contributed by atoms with Gasteiger partial charge in [-0.05, 0) is 30.9 Å². The molecule has 0 radical (unpaired) electrons. The first-order chi connectivity index (χ1) is 12.8. The molecule has 1 amide bonds. The number of pyridine rings is 1. The van der Waals surface area contributed by atoms with Crippen LogP contribution in [-0.2, 0) is 11.0 Å². The molecule has 0 aliphatic rings. The van der Waals surface area contributed by atoms with Crippen molar-refractivity contribution in [2.24, 2.45) is 0 Å². The minimum Gasteiger partial charge on any atom is -0.353 e. The Morgan fingerprint density at radius 1 is 1.48 bits per heavy atom. The summed E-state index contributed by atoms with van der Waals surface area (Å²) in [5.74, 6) is -0.414. The minimum absolute atomic E-state index is 0.0188. The molecular formula is C18H18F3N3OS2. The van der Waals surface area contributed by atoms with E-state index < -0.39 is 17.3 Å². The summed E-state index contributed by atoms with van der Waals surface area (Å²) in [6.45, 7) is 3.86. The lowest BCUT2D eigenvalue weighted by Gasteiger charge is -2.15. The van der Waals surface area contributed by atoms with Gasteiger partial charge in [0.05, 0.1) is 27.5 Å². The second-order valence-corrected chi connectivity index (χ2v) is 7.78. The predicted molar refractivity (Wildman–Crippen MR) is 101 cm³/mol. The van der Waals surface area contributed by atoms with Gasteiger partial charge in [-0.2, -0.15) is 18.4 Å². The number of halogens is 3. The number of thiophene rings is 1. The van der Waals surface area contributed by atoms with Crippen LogP contribution in [0.15, 0.2) is 28.6 Å². The Bertz CT molecular complexity index is 830. The lowest BCUT2D eigenvalue weighted by molar-refractivity contribution is -0.138. The van der Waals surface area contributed by atoms with Crippen molar-refractivity contribution in [3.63, 3.8) is 0 Å². The van der Waals surface area contributed by atoms with E-state index in [2.05, 4.69) is 10.3 Å². The summed E-state index contributed by atoms with van der Waals surface area (Å²) in [5.41, 5.74) is -1.45. The van der Waals surface area contributed by atoms with Gasteiger partial charge in [0.25, 0.3) is 0 Å². The number of amides is 1. The molecule has 2 rings (SSSR count). The van der Waals surface area contributed by atoms with Gasteiger partial charge < -0.3 is 5.32 Å². The largest absolute Gasteiger partial charge is 0.417 e. The molecule has 144 valence electrons. The van der Waals surface area contributed by atoms with Crippen molar-refractivity contribution in [1.82, 2.24) is 10.3 Å². The molecule has 1 N–H and O–H groups in total. The molecule has 0 saturated heterocycles. The van der Waals surface area contributed by atoms with Crippen LogP contribution in [0.4, 0.5) is 13.2 Å². The van der Waals surface area contributed by atoms with Crippen LogP contribution in [0, 0.1) is 11.3 Å². The molecule has 2 aromatic rings. The number of carbonyl (C=O) groups is 1. The number of aromatic nitrogens is 1. The maximum atomic E-state index is 13.4. The summed E-state index contributed by atoms with van der Waals surface area (Å²) >= 11 is 2.09. The fraction of sp³-hybridized carbons (Fsp3) is 0.389. The molecular weight excluding hydrogens is 395 g/mol. The molecule has 2 aromatic heterocycles. The number of nitrogens with zero attached hydrogens (tertiary/aromatic N) is 2. The number of hydrogen-bond donors (Lipinski definition) is 1. The van der Waals surface area contributed by atoms with Crippen molar-refractivity contribution in [2.45, 2.75) is 43.9 Å². The fourth-order valence-corrected chi connectivity index (χ4v) is 3.96. The zero-order chi connectivity index (χ0) is 20.0. The van der Waals surface area contributed by atoms with E-state index in [1.807, 2.05) is 13.8 Å². The lowest BCUT2D eigenvalue weighted by Crippen LogP contribution is -2.33. The lowest BCUT2D eigenvalue weighted by atomic mass is 10.1. The number of rotatable bonds is 7. The molecule has 0 bridgehead atoms. The molecule has 27 heavy (non-hydrogen) atoms. The summed E-state index contributed by atoms with van der Waals surface area (Å²) in [5, 5.41) is 13.7. The van der Waals surface area contributed by atoms with E-state index >= 15 is 0 Å². The zero-order valence-corrected chi connectivity index (χ0v) is 16.4. The molecule has 0 aliphatic carbocycles. The smallest absolute Gasteiger partial charge is 0.353 e. The van der Waals surface area contributed by atoms with E-state index in [1.165, 1.54) is 11.3 Å². The molecule has 9 heteroatoms. The highest BCUT2D eigenvalue weighted by molar-refractivity contribution is 8.00. The second kappa shape index (κ2) is 9.24. The average Bonchev–Trinajstić information content (AvgIpc) is 3.13. The van der Waals surface area contributed by atoms with Gasteiger partial charge in [-0.25, -0.2) is 4.98 Å². The summed E-state index contributed by atoms with van der Waals surface area (Å²) in [6.07, 6.45) is -2.97. The van der Waals surface area contributed by atoms with Gasteiger partial charge in [-0.3, -0.25) is 4.79 Å². The van der Waals surface area contributed by atoms with Gasteiger partial charge in [0.1, 0.15) is 11.1 Å². The molecule has 0 saturated carbocycles. The van der Waals surface area contributed by atoms with Crippen LogP contribution in [-0.4, -0.2) is 22.7 Å². The quantitative estimate of drug-likeness (QED) is 0.642. The number of thioether (sulfide) groups is 1. The zero-order valence-electron chi connectivity index (χ0n) is 14.8. The molecule has 2 heterocycles. The van der Waals surface area contributed by atoms with Crippen LogP contribution in [0.2, 0.25) is 0 Å². The van der Waals surface area contributed by atoms with Crippen molar-refractivity contribution in [3.05, 3.63) is 34.7 Å². The van der Waals surface area contributed by atoms with Gasteiger partial charge in [0, 0.05) is 6.04 Å². The Morgan fingerprint density at radius 3 is 2.78 bits per heavy atom. The summed E-state index contributed by atoms with van der Waals surface area (Å²) < 4.78 is 40.3. The van der Waals surface area contributed by atoms with Crippen LogP contribution < -0.4 is 5.32 Å². The van der Waals surface area contributed by atoms with E-state index in [0.717, 1.165) is 30.7 Å². The van der Waals surface area contributed by atoms with Crippen LogP contribution in [0.5, 0.6) is 0 Å². The van der Waals surface area contributed by atoms with E-state index in [-0.39, 0.29) is 28.4 Å². The Morgan fingerprint density at radius 2 is 2.22 bits per heavy atom. The van der Waals surface area contributed by atoms with Crippen LogP contribution in [0.3, 0.4) is 0 Å². The second-order valence-electron chi connectivity index (χ2n) is 5.87. The normalized spacial score (nSPS) is 12.4. The van der Waals surface area contributed by atoms with Crippen molar-refractivity contribution in [3.8, 4) is 16.6 Å². The summed E-state index contributed by atoms with van der Waals surface area (Å²) in [6, 6.07) is 5.83. The SMILES string of the molecule is CCCC(C)NC(=O)CSc1nc(-c2cccs2)cc(C(F)(F)F)c1C#N. The number of carbonyl (C=O) groups excluding carboxylic acids is 1. The average molecular weight is 413 g/mol. The standard InChI is InChI=1S/C18H18F3N3OS2/c1-3-5-11(2)23-16(25)10-27-17-12(9-22)13(18(19,20)21)8-14(24-17)15-6-4-7-26-15/h4,6-8,11H,3,5,10H2,1-2H3,(H,23,25). The van der Waals surface area contributed by atoms with E-state index in [4.69, 9.17) is 0 Å². The monoisotopic (exact) mass is 413 g/mol. The van der Waals surface area contributed by atoms with Crippen LogP contribution >= 0.6 is 23.1 Å². The van der Waals surface area contributed by atoms with Gasteiger partial charge in [0.2, 0.25) is 5.91 Å². The topological polar surface area (TPSA) is 65.8 Å². The number of nitrogens with one attached hydrogen (secondary N) is 1. The van der Waals surface area contributed by atoms with Gasteiger partial charge in [-0.1, -0.05) is 31.2 Å². The number of alkyl halides is 3. The Hall–Kier alpha value is -2.05. The summed E-state index contributed by atoms with van der Waals surface area (Å²) in [7, 11) is 0. The molecule has 0 aromatic carbocycles.